The molecule has 0 aliphatic carbocycles. The molecule has 1 aromatic heterocycles. The summed E-state index contributed by atoms with van der Waals surface area (Å²) in [5.74, 6) is 1.88. The minimum atomic E-state index is -0.231. The number of rotatable bonds is 5. The highest BCUT2D eigenvalue weighted by molar-refractivity contribution is 5.04. The Kier molecular flexibility index (Phi) is 3.99. The molecular formula is C10H17NO2. The molecule has 0 aliphatic heterocycles. The van der Waals surface area contributed by atoms with Crippen LogP contribution in [0.15, 0.2) is 16.5 Å². The smallest absolute Gasteiger partial charge is 0.117 e. The van der Waals surface area contributed by atoms with E-state index in [-0.39, 0.29) is 6.10 Å². The molecule has 0 saturated carbocycles. The summed E-state index contributed by atoms with van der Waals surface area (Å²) in [6, 6.07) is 3.91. The first-order chi connectivity index (χ1) is 6.18. The lowest BCUT2D eigenvalue weighted by Crippen LogP contribution is -2.18. The monoisotopic (exact) mass is 183 g/mol. The van der Waals surface area contributed by atoms with Crippen LogP contribution in [0.4, 0.5) is 0 Å². The van der Waals surface area contributed by atoms with Gasteiger partial charge in [-0.15, -0.1) is 0 Å². The first kappa shape index (κ1) is 10.3. The van der Waals surface area contributed by atoms with Gasteiger partial charge in [0.2, 0.25) is 0 Å². The van der Waals surface area contributed by atoms with E-state index in [1.165, 1.54) is 0 Å². The van der Waals surface area contributed by atoms with Crippen LogP contribution in [0.1, 0.15) is 24.9 Å². The number of furan rings is 1. The molecule has 0 aromatic carbocycles. The minimum Gasteiger partial charge on any atom is -0.465 e. The second-order valence-corrected chi connectivity index (χ2v) is 3.33. The third-order valence-electron chi connectivity index (χ3n) is 1.83. The Balaban J connectivity index is 2.13. The Morgan fingerprint density at radius 3 is 2.85 bits per heavy atom. The summed E-state index contributed by atoms with van der Waals surface area (Å²) in [5.41, 5.74) is 0. The van der Waals surface area contributed by atoms with E-state index in [9.17, 15) is 0 Å². The second kappa shape index (κ2) is 5.04. The van der Waals surface area contributed by atoms with Crippen LogP contribution in [0.2, 0.25) is 0 Å². The van der Waals surface area contributed by atoms with Gasteiger partial charge >= 0.3 is 0 Å². The molecule has 1 rings (SSSR count). The molecule has 13 heavy (non-hydrogen) atoms. The third kappa shape index (κ3) is 4.10. The summed E-state index contributed by atoms with van der Waals surface area (Å²) >= 11 is 0. The van der Waals surface area contributed by atoms with Crippen LogP contribution in [-0.4, -0.2) is 17.8 Å². The predicted molar refractivity (Wildman–Crippen MR) is 51.4 cm³/mol. The van der Waals surface area contributed by atoms with E-state index in [2.05, 4.69) is 5.32 Å². The Bertz CT molecular complexity index is 243. The molecule has 3 heteroatoms. The maximum atomic E-state index is 8.99. The Morgan fingerprint density at radius 2 is 2.31 bits per heavy atom. The van der Waals surface area contributed by atoms with Crippen molar-refractivity contribution in [3.63, 3.8) is 0 Å². The molecule has 0 bridgehead atoms. The largest absolute Gasteiger partial charge is 0.465 e. The lowest BCUT2D eigenvalue weighted by Gasteiger charge is -2.04. The molecule has 1 heterocycles. The molecule has 1 unspecified atom stereocenters. The van der Waals surface area contributed by atoms with E-state index >= 15 is 0 Å². The van der Waals surface area contributed by atoms with Crippen molar-refractivity contribution in [3.05, 3.63) is 23.7 Å². The predicted octanol–water partition coefficient (Wildman–Crippen LogP) is 1.45. The number of aliphatic hydroxyl groups excluding tert-OH is 1. The standard InChI is InChI=1S/C10H17NO2/c1-8(12)5-6-11-7-10-4-3-9(2)13-10/h3-4,8,11-12H,5-7H2,1-2H3. The van der Waals surface area contributed by atoms with E-state index in [1.54, 1.807) is 6.92 Å². The van der Waals surface area contributed by atoms with E-state index in [0.29, 0.717) is 0 Å². The van der Waals surface area contributed by atoms with Crippen molar-refractivity contribution in [3.8, 4) is 0 Å². The summed E-state index contributed by atoms with van der Waals surface area (Å²) in [6.45, 7) is 5.27. The van der Waals surface area contributed by atoms with Crippen molar-refractivity contribution in [1.29, 1.82) is 0 Å². The average molecular weight is 183 g/mol. The van der Waals surface area contributed by atoms with Crippen LogP contribution in [0, 0.1) is 6.92 Å². The SMILES string of the molecule is Cc1ccc(CNCCC(C)O)o1. The Labute approximate surface area is 78.8 Å². The van der Waals surface area contributed by atoms with Crippen LogP contribution in [0.25, 0.3) is 0 Å². The molecule has 0 radical (unpaired) electrons. The van der Waals surface area contributed by atoms with Gasteiger partial charge < -0.3 is 14.8 Å². The molecule has 74 valence electrons. The van der Waals surface area contributed by atoms with Gasteiger partial charge in [-0.2, -0.15) is 0 Å². The van der Waals surface area contributed by atoms with Gasteiger partial charge in [-0.1, -0.05) is 0 Å². The van der Waals surface area contributed by atoms with Crippen molar-refractivity contribution in [2.45, 2.75) is 32.9 Å². The normalized spacial score (nSPS) is 13.2. The van der Waals surface area contributed by atoms with Gasteiger partial charge in [0.1, 0.15) is 11.5 Å². The zero-order chi connectivity index (χ0) is 9.68. The van der Waals surface area contributed by atoms with Gasteiger partial charge in [0, 0.05) is 0 Å². The summed E-state index contributed by atoms with van der Waals surface area (Å²) in [6.07, 6.45) is 0.547. The second-order valence-electron chi connectivity index (χ2n) is 3.33. The molecule has 1 aromatic rings. The Hall–Kier alpha value is -0.800. The molecule has 0 aliphatic rings. The third-order valence-corrected chi connectivity index (χ3v) is 1.83. The summed E-state index contributed by atoms with van der Waals surface area (Å²) in [7, 11) is 0. The molecule has 2 N–H and O–H groups in total. The fourth-order valence-electron chi connectivity index (χ4n) is 1.10. The zero-order valence-corrected chi connectivity index (χ0v) is 8.21. The van der Waals surface area contributed by atoms with Gasteiger partial charge in [0.05, 0.1) is 12.6 Å². The van der Waals surface area contributed by atoms with Gasteiger partial charge in [0.25, 0.3) is 0 Å². The highest BCUT2D eigenvalue weighted by Crippen LogP contribution is 2.05. The number of hydrogen-bond donors (Lipinski definition) is 2. The number of hydrogen-bond acceptors (Lipinski definition) is 3. The van der Waals surface area contributed by atoms with Crippen LogP contribution in [-0.2, 0) is 6.54 Å². The fraction of sp³-hybridized carbons (Fsp3) is 0.600. The van der Waals surface area contributed by atoms with Gasteiger partial charge in [-0.3, -0.25) is 0 Å². The summed E-state index contributed by atoms with van der Waals surface area (Å²) in [5, 5.41) is 12.2. The van der Waals surface area contributed by atoms with Crippen molar-refractivity contribution in [2.24, 2.45) is 0 Å². The maximum absolute atomic E-state index is 8.99. The average Bonchev–Trinajstić information content (AvgIpc) is 2.45. The fourth-order valence-corrected chi connectivity index (χ4v) is 1.10. The van der Waals surface area contributed by atoms with Crippen molar-refractivity contribution in [2.75, 3.05) is 6.54 Å². The van der Waals surface area contributed by atoms with Gasteiger partial charge in [0.15, 0.2) is 0 Å². The molecule has 0 fully saturated rings. The minimum absolute atomic E-state index is 0.231. The summed E-state index contributed by atoms with van der Waals surface area (Å²) in [4.78, 5) is 0. The summed E-state index contributed by atoms with van der Waals surface area (Å²) < 4.78 is 5.37. The van der Waals surface area contributed by atoms with E-state index < -0.39 is 0 Å². The first-order valence-electron chi connectivity index (χ1n) is 4.62. The van der Waals surface area contributed by atoms with Crippen LogP contribution < -0.4 is 5.32 Å². The molecule has 1 atom stereocenters. The molecular weight excluding hydrogens is 166 g/mol. The molecule has 0 amide bonds. The highest BCUT2D eigenvalue weighted by atomic mass is 16.3. The quantitative estimate of drug-likeness (QED) is 0.679. The lowest BCUT2D eigenvalue weighted by molar-refractivity contribution is 0.183. The Morgan fingerprint density at radius 1 is 1.54 bits per heavy atom. The zero-order valence-electron chi connectivity index (χ0n) is 8.21. The van der Waals surface area contributed by atoms with Crippen LogP contribution in [0.3, 0.4) is 0 Å². The lowest BCUT2D eigenvalue weighted by atomic mass is 10.3. The number of aryl methyl sites for hydroxylation is 1. The molecule has 0 saturated heterocycles. The van der Waals surface area contributed by atoms with Crippen LogP contribution >= 0.6 is 0 Å². The van der Waals surface area contributed by atoms with E-state index in [4.69, 9.17) is 9.52 Å². The van der Waals surface area contributed by atoms with Crippen LogP contribution in [0.5, 0.6) is 0 Å². The maximum Gasteiger partial charge on any atom is 0.117 e. The van der Waals surface area contributed by atoms with Gasteiger partial charge in [-0.25, -0.2) is 0 Å². The number of aliphatic hydroxyl groups is 1. The molecule has 0 spiro atoms. The van der Waals surface area contributed by atoms with Crippen molar-refractivity contribution >= 4 is 0 Å². The topological polar surface area (TPSA) is 45.4 Å². The van der Waals surface area contributed by atoms with Crippen molar-refractivity contribution < 1.29 is 9.52 Å². The van der Waals surface area contributed by atoms with Gasteiger partial charge in [-0.05, 0) is 38.9 Å². The van der Waals surface area contributed by atoms with E-state index in [0.717, 1.165) is 31.0 Å². The number of nitrogens with one attached hydrogen (secondary N) is 1. The molecule has 3 nitrogen and oxygen atoms in total. The first-order valence-corrected chi connectivity index (χ1v) is 4.62. The highest BCUT2D eigenvalue weighted by Gasteiger charge is 1.98. The van der Waals surface area contributed by atoms with Crippen molar-refractivity contribution in [1.82, 2.24) is 5.32 Å². The van der Waals surface area contributed by atoms with E-state index in [1.807, 2.05) is 19.1 Å².